The van der Waals surface area contributed by atoms with Gasteiger partial charge in [-0.3, -0.25) is 9.67 Å². The van der Waals surface area contributed by atoms with Crippen molar-refractivity contribution in [1.82, 2.24) is 30.4 Å². The number of hydrogen-bond acceptors (Lipinski definition) is 5. The van der Waals surface area contributed by atoms with E-state index in [0.717, 1.165) is 43.5 Å². The van der Waals surface area contributed by atoms with E-state index in [4.69, 9.17) is 0 Å². The summed E-state index contributed by atoms with van der Waals surface area (Å²) < 4.78 is 1.74. The lowest BCUT2D eigenvalue weighted by atomic mass is 10.3. The Kier molecular flexibility index (Phi) is 6.83. The summed E-state index contributed by atoms with van der Waals surface area (Å²) in [6, 6.07) is 5.86. The smallest absolute Gasteiger partial charge is 0.191 e. The molecule has 2 heterocycles. The van der Waals surface area contributed by atoms with Gasteiger partial charge in [-0.15, -0.1) is 0 Å². The third-order valence-corrected chi connectivity index (χ3v) is 3.31. The van der Waals surface area contributed by atoms with Gasteiger partial charge in [0.2, 0.25) is 0 Å². The molecule has 0 fully saturated rings. The first-order valence-electron chi connectivity index (χ1n) is 7.72. The zero-order chi connectivity index (χ0) is 16.3. The van der Waals surface area contributed by atoms with Crippen LogP contribution in [-0.2, 0) is 13.6 Å². The average Bonchev–Trinajstić information content (AvgIpc) is 2.99. The lowest BCUT2D eigenvalue weighted by molar-refractivity contribution is 0.665. The molecular formula is C15H24N8. The summed E-state index contributed by atoms with van der Waals surface area (Å²) in [5.74, 6) is 2.56. The highest BCUT2D eigenvalue weighted by Gasteiger charge is 2.02. The van der Waals surface area contributed by atoms with E-state index in [1.165, 1.54) is 0 Å². The second kappa shape index (κ2) is 9.39. The number of aromatic nitrogens is 4. The Balaban J connectivity index is 1.56. The summed E-state index contributed by atoms with van der Waals surface area (Å²) in [4.78, 5) is 12.6. The number of unbranched alkanes of at least 4 members (excludes halogenated alkanes) is 1. The van der Waals surface area contributed by atoms with E-state index in [0.29, 0.717) is 6.54 Å². The van der Waals surface area contributed by atoms with Gasteiger partial charge in [-0.05, 0) is 25.0 Å². The zero-order valence-electron chi connectivity index (χ0n) is 13.7. The molecule has 0 bridgehead atoms. The molecule has 0 atom stereocenters. The highest BCUT2D eigenvalue weighted by Crippen LogP contribution is 2.00. The molecule has 0 radical (unpaired) electrons. The summed E-state index contributed by atoms with van der Waals surface area (Å²) in [5, 5.41) is 13.8. The summed E-state index contributed by atoms with van der Waals surface area (Å²) in [6.45, 7) is 2.36. The number of hydrogen-bond donors (Lipinski definition) is 3. The Morgan fingerprint density at radius 1 is 1.17 bits per heavy atom. The van der Waals surface area contributed by atoms with Crippen LogP contribution in [0.25, 0.3) is 0 Å². The molecular weight excluding hydrogens is 292 g/mol. The molecule has 0 aliphatic carbocycles. The number of aliphatic imine (C=N–C) groups is 1. The number of nitrogens with one attached hydrogen (secondary N) is 3. The second-order valence-corrected chi connectivity index (χ2v) is 5.00. The molecule has 8 nitrogen and oxygen atoms in total. The van der Waals surface area contributed by atoms with Crippen LogP contribution in [0.1, 0.15) is 18.7 Å². The maximum absolute atomic E-state index is 4.22. The SMILES string of the molecule is CN=C(NCCCCNc1ccccn1)NCc1ncnn1C. The largest absolute Gasteiger partial charge is 0.370 e. The van der Waals surface area contributed by atoms with Gasteiger partial charge in [0.15, 0.2) is 5.96 Å². The van der Waals surface area contributed by atoms with Crippen molar-refractivity contribution >= 4 is 11.8 Å². The highest BCUT2D eigenvalue weighted by atomic mass is 15.3. The Morgan fingerprint density at radius 2 is 2.04 bits per heavy atom. The van der Waals surface area contributed by atoms with Crippen molar-refractivity contribution in [1.29, 1.82) is 0 Å². The molecule has 2 aromatic rings. The maximum Gasteiger partial charge on any atom is 0.191 e. The van der Waals surface area contributed by atoms with Crippen LogP contribution >= 0.6 is 0 Å². The number of pyridine rings is 1. The molecule has 0 aliphatic heterocycles. The minimum Gasteiger partial charge on any atom is -0.370 e. The Labute approximate surface area is 136 Å². The number of guanidine groups is 1. The minimum atomic E-state index is 0.595. The summed E-state index contributed by atoms with van der Waals surface area (Å²) >= 11 is 0. The molecule has 0 aromatic carbocycles. The van der Waals surface area contributed by atoms with Crippen LogP contribution in [0.5, 0.6) is 0 Å². The minimum absolute atomic E-state index is 0.595. The molecule has 124 valence electrons. The van der Waals surface area contributed by atoms with Crippen LogP contribution in [0, 0.1) is 0 Å². The van der Waals surface area contributed by atoms with Gasteiger partial charge in [-0.1, -0.05) is 6.07 Å². The third kappa shape index (κ3) is 5.93. The van der Waals surface area contributed by atoms with E-state index in [2.05, 4.69) is 36.0 Å². The molecule has 8 heteroatoms. The van der Waals surface area contributed by atoms with Gasteiger partial charge in [0, 0.05) is 33.4 Å². The van der Waals surface area contributed by atoms with Crippen molar-refractivity contribution in [3.8, 4) is 0 Å². The van der Waals surface area contributed by atoms with E-state index in [1.807, 2.05) is 25.2 Å². The van der Waals surface area contributed by atoms with E-state index in [1.54, 1.807) is 24.3 Å². The molecule has 0 unspecified atom stereocenters. The van der Waals surface area contributed by atoms with Crippen molar-refractivity contribution in [2.45, 2.75) is 19.4 Å². The standard InChI is InChI=1S/C15H24N8/c1-16-15(20-11-14-21-12-22-23(14)2)19-10-6-5-9-18-13-7-3-4-8-17-13/h3-4,7-8,12H,5-6,9-11H2,1-2H3,(H,17,18)(H2,16,19,20). The van der Waals surface area contributed by atoms with Crippen LogP contribution < -0.4 is 16.0 Å². The number of rotatable bonds is 8. The van der Waals surface area contributed by atoms with Crippen LogP contribution in [0.4, 0.5) is 5.82 Å². The first-order chi connectivity index (χ1) is 11.3. The predicted molar refractivity (Wildman–Crippen MR) is 91.2 cm³/mol. The molecule has 3 N–H and O–H groups in total. The van der Waals surface area contributed by atoms with Gasteiger partial charge in [0.1, 0.15) is 18.0 Å². The Hall–Kier alpha value is -2.64. The molecule has 0 saturated heterocycles. The summed E-state index contributed by atoms with van der Waals surface area (Å²) in [5.41, 5.74) is 0. The summed E-state index contributed by atoms with van der Waals surface area (Å²) in [6.07, 6.45) is 5.44. The number of aryl methyl sites for hydroxylation is 1. The van der Waals surface area contributed by atoms with Crippen molar-refractivity contribution in [3.05, 3.63) is 36.5 Å². The van der Waals surface area contributed by atoms with Gasteiger partial charge in [-0.2, -0.15) is 5.10 Å². The van der Waals surface area contributed by atoms with Gasteiger partial charge < -0.3 is 16.0 Å². The van der Waals surface area contributed by atoms with E-state index >= 15 is 0 Å². The fraction of sp³-hybridized carbons (Fsp3) is 0.467. The van der Waals surface area contributed by atoms with Gasteiger partial charge in [-0.25, -0.2) is 9.97 Å². The van der Waals surface area contributed by atoms with Gasteiger partial charge >= 0.3 is 0 Å². The third-order valence-electron chi connectivity index (χ3n) is 3.31. The van der Waals surface area contributed by atoms with Crippen molar-refractivity contribution < 1.29 is 0 Å². The van der Waals surface area contributed by atoms with Crippen LogP contribution in [-0.4, -0.2) is 45.8 Å². The second-order valence-electron chi connectivity index (χ2n) is 5.00. The molecule has 2 rings (SSSR count). The number of nitrogens with zero attached hydrogens (tertiary/aromatic N) is 5. The van der Waals surface area contributed by atoms with E-state index in [-0.39, 0.29) is 0 Å². The lowest BCUT2D eigenvalue weighted by Gasteiger charge is -2.11. The van der Waals surface area contributed by atoms with Crippen molar-refractivity contribution in [2.75, 3.05) is 25.5 Å². The number of anilines is 1. The average molecular weight is 316 g/mol. The first kappa shape index (κ1) is 16.7. The van der Waals surface area contributed by atoms with Crippen molar-refractivity contribution in [2.24, 2.45) is 12.0 Å². The Bertz CT molecular complexity index is 593. The van der Waals surface area contributed by atoms with Gasteiger partial charge in [0.05, 0.1) is 6.54 Å². The molecule has 0 saturated carbocycles. The topological polar surface area (TPSA) is 92.1 Å². The molecule has 2 aromatic heterocycles. The highest BCUT2D eigenvalue weighted by molar-refractivity contribution is 5.79. The molecule has 0 aliphatic rings. The van der Waals surface area contributed by atoms with Crippen LogP contribution in [0.2, 0.25) is 0 Å². The molecule has 0 spiro atoms. The lowest BCUT2D eigenvalue weighted by Crippen LogP contribution is -2.37. The van der Waals surface area contributed by atoms with Crippen LogP contribution in [0.3, 0.4) is 0 Å². The Morgan fingerprint density at radius 3 is 2.74 bits per heavy atom. The summed E-state index contributed by atoms with van der Waals surface area (Å²) in [7, 11) is 3.63. The molecule has 23 heavy (non-hydrogen) atoms. The molecule has 0 amide bonds. The fourth-order valence-corrected chi connectivity index (χ4v) is 2.00. The van der Waals surface area contributed by atoms with E-state index in [9.17, 15) is 0 Å². The fourth-order valence-electron chi connectivity index (χ4n) is 2.00. The predicted octanol–water partition coefficient (Wildman–Crippen LogP) is 0.767. The normalized spacial score (nSPS) is 11.3. The van der Waals surface area contributed by atoms with Gasteiger partial charge in [0.25, 0.3) is 0 Å². The maximum atomic E-state index is 4.22. The quantitative estimate of drug-likeness (QED) is 0.378. The van der Waals surface area contributed by atoms with E-state index < -0.39 is 0 Å². The monoisotopic (exact) mass is 316 g/mol. The zero-order valence-corrected chi connectivity index (χ0v) is 13.7. The van der Waals surface area contributed by atoms with Crippen LogP contribution in [0.15, 0.2) is 35.7 Å². The first-order valence-corrected chi connectivity index (χ1v) is 7.72. The van der Waals surface area contributed by atoms with Crippen molar-refractivity contribution in [3.63, 3.8) is 0 Å².